The minimum Gasteiger partial charge on any atom is -0.316 e. The smallest absolute Gasteiger partial charge is 0.250 e. The Morgan fingerprint density at radius 1 is 1.47 bits per heavy atom. The van der Waals surface area contributed by atoms with Crippen LogP contribution in [0.4, 0.5) is 5.69 Å². The summed E-state index contributed by atoms with van der Waals surface area (Å²) in [6, 6.07) is 8.40. The number of aliphatic imine (C=N–C) groups is 1. The summed E-state index contributed by atoms with van der Waals surface area (Å²) >= 11 is 1.58. The van der Waals surface area contributed by atoms with Gasteiger partial charge >= 0.3 is 0 Å². The van der Waals surface area contributed by atoms with Gasteiger partial charge in [0, 0.05) is 17.4 Å². The summed E-state index contributed by atoms with van der Waals surface area (Å²) in [7, 11) is 0. The number of hydrogen-bond acceptors (Lipinski definition) is 3. The number of nitrogens with zero attached hydrogens (tertiary/aromatic N) is 2. The van der Waals surface area contributed by atoms with E-state index in [0.717, 1.165) is 5.17 Å². The highest BCUT2D eigenvalue weighted by Crippen LogP contribution is 2.42. The largest absolute Gasteiger partial charge is 0.316 e. The second-order valence-corrected chi connectivity index (χ2v) is 4.79. The van der Waals surface area contributed by atoms with Crippen LogP contribution in [-0.2, 0) is 4.79 Å². The molecule has 2 aliphatic heterocycles. The zero-order valence-corrected chi connectivity index (χ0v) is 9.12. The summed E-state index contributed by atoms with van der Waals surface area (Å²) < 4.78 is 0. The summed E-state index contributed by atoms with van der Waals surface area (Å²) in [5.41, 5.74) is 1.18. The van der Waals surface area contributed by atoms with Crippen LogP contribution < -0.4 is 4.90 Å². The molecule has 0 aliphatic carbocycles. The van der Waals surface area contributed by atoms with Crippen molar-refractivity contribution in [3.63, 3.8) is 0 Å². The lowest BCUT2D eigenvalue weighted by molar-refractivity contribution is -0.118. The molecule has 15 heavy (non-hydrogen) atoms. The van der Waals surface area contributed by atoms with Gasteiger partial charge in [-0.05, 0) is 30.8 Å². The number of amidine groups is 1. The lowest BCUT2D eigenvalue weighted by Gasteiger charge is -2.28. The van der Waals surface area contributed by atoms with E-state index >= 15 is 0 Å². The maximum atomic E-state index is 11.3. The Morgan fingerprint density at radius 3 is 3.13 bits per heavy atom. The number of para-hydroxylation sites is 1. The van der Waals surface area contributed by atoms with Gasteiger partial charge in [0.15, 0.2) is 5.17 Å². The fourth-order valence-electron chi connectivity index (χ4n) is 1.99. The molecule has 2 aliphatic rings. The van der Waals surface area contributed by atoms with Crippen molar-refractivity contribution >= 4 is 28.5 Å². The molecular formula is C11H10N2OS. The van der Waals surface area contributed by atoms with Crippen LogP contribution in [-0.4, -0.2) is 17.1 Å². The molecule has 0 aromatic heterocycles. The Kier molecular flexibility index (Phi) is 1.85. The van der Waals surface area contributed by atoms with Gasteiger partial charge in [-0.25, -0.2) is 0 Å². The average molecular weight is 218 g/mol. The minimum atomic E-state index is -0.00550. The topological polar surface area (TPSA) is 32.7 Å². The molecule has 76 valence electrons. The minimum absolute atomic E-state index is 0.00550. The Morgan fingerprint density at radius 2 is 2.27 bits per heavy atom. The molecule has 0 bridgehead atoms. The van der Waals surface area contributed by atoms with E-state index in [1.807, 2.05) is 12.1 Å². The molecule has 2 heterocycles. The van der Waals surface area contributed by atoms with Crippen LogP contribution in [0.5, 0.6) is 0 Å². The third kappa shape index (κ3) is 1.28. The maximum absolute atomic E-state index is 11.3. The zero-order valence-electron chi connectivity index (χ0n) is 8.30. The molecule has 3 rings (SSSR count). The molecule has 0 N–H and O–H groups in total. The SMILES string of the molecule is C[C@@H]1CC(=O)N=C2Sc3ccccc3N21. The Balaban J connectivity index is 2.14. The number of fused-ring (bicyclic) bond motifs is 3. The number of carbonyl (C=O) groups is 1. The van der Waals surface area contributed by atoms with Crippen molar-refractivity contribution in [1.29, 1.82) is 0 Å². The lowest BCUT2D eigenvalue weighted by atomic mass is 10.1. The van der Waals surface area contributed by atoms with Gasteiger partial charge in [-0.2, -0.15) is 4.99 Å². The van der Waals surface area contributed by atoms with E-state index in [1.54, 1.807) is 11.8 Å². The van der Waals surface area contributed by atoms with Gasteiger partial charge in [-0.1, -0.05) is 12.1 Å². The van der Waals surface area contributed by atoms with Gasteiger partial charge in [0.1, 0.15) is 0 Å². The van der Waals surface area contributed by atoms with Crippen molar-refractivity contribution in [2.24, 2.45) is 4.99 Å². The van der Waals surface area contributed by atoms with Gasteiger partial charge in [0.25, 0.3) is 0 Å². The Hall–Kier alpha value is -1.29. The molecule has 4 heteroatoms. The molecule has 0 fully saturated rings. The zero-order chi connectivity index (χ0) is 10.4. The van der Waals surface area contributed by atoms with Crippen molar-refractivity contribution in [2.75, 3.05) is 4.90 Å². The second kappa shape index (κ2) is 3.10. The number of anilines is 1. The third-order valence-electron chi connectivity index (χ3n) is 2.66. The molecule has 0 unspecified atom stereocenters. The van der Waals surface area contributed by atoms with Crippen LogP contribution in [0.3, 0.4) is 0 Å². The van der Waals surface area contributed by atoms with Gasteiger partial charge in [-0.3, -0.25) is 4.79 Å². The van der Waals surface area contributed by atoms with E-state index < -0.39 is 0 Å². The van der Waals surface area contributed by atoms with Gasteiger partial charge < -0.3 is 4.90 Å². The first-order chi connectivity index (χ1) is 7.25. The van der Waals surface area contributed by atoms with E-state index in [1.165, 1.54) is 10.6 Å². The van der Waals surface area contributed by atoms with Crippen LogP contribution in [0.1, 0.15) is 13.3 Å². The van der Waals surface area contributed by atoms with Crippen LogP contribution in [0.25, 0.3) is 0 Å². The highest BCUT2D eigenvalue weighted by atomic mass is 32.2. The van der Waals surface area contributed by atoms with Crippen LogP contribution in [0.15, 0.2) is 34.2 Å². The van der Waals surface area contributed by atoms with E-state index in [2.05, 4.69) is 28.9 Å². The van der Waals surface area contributed by atoms with Crippen LogP contribution in [0, 0.1) is 0 Å². The normalized spacial score (nSPS) is 23.5. The summed E-state index contributed by atoms with van der Waals surface area (Å²) in [6.07, 6.45) is 0.512. The molecule has 0 spiro atoms. The molecule has 0 radical (unpaired) electrons. The van der Waals surface area contributed by atoms with Crippen LogP contribution >= 0.6 is 11.8 Å². The van der Waals surface area contributed by atoms with Gasteiger partial charge in [0.2, 0.25) is 5.91 Å². The summed E-state index contributed by atoms with van der Waals surface area (Å²) in [5, 5.41) is 0.833. The molecule has 1 aromatic rings. The maximum Gasteiger partial charge on any atom is 0.250 e. The predicted molar refractivity (Wildman–Crippen MR) is 61.3 cm³/mol. The van der Waals surface area contributed by atoms with E-state index in [9.17, 15) is 4.79 Å². The number of carbonyl (C=O) groups excluding carboxylic acids is 1. The predicted octanol–water partition coefficient (Wildman–Crippen LogP) is 2.27. The first kappa shape index (κ1) is 8.97. The van der Waals surface area contributed by atoms with E-state index in [0.29, 0.717) is 6.42 Å². The monoisotopic (exact) mass is 218 g/mol. The fraction of sp³-hybridized carbons (Fsp3) is 0.273. The second-order valence-electron chi connectivity index (χ2n) is 3.78. The van der Waals surface area contributed by atoms with Crippen molar-refractivity contribution in [3.05, 3.63) is 24.3 Å². The number of amides is 1. The van der Waals surface area contributed by atoms with Crippen molar-refractivity contribution in [3.8, 4) is 0 Å². The van der Waals surface area contributed by atoms with Crippen molar-refractivity contribution in [1.82, 2.24) is 0 Å². The Labute approximate surface area is 92.2 Å². The summed E-state index contributed by atoms with van der Waals surface area (Å²) in [4.78, 5) is 18.8. The Bertz CT molecular complexity index is 469. The molecule has 0 saturated heterocycles. The van der Waals surface area contributed by atoms with Gasteiger partial charge in [-0.15, -0.1) is 0 Å². The molecule has 1 amide bonds. The molecule has 1 aromatic carbocycles. The quantitative estimate of drug-likeness (QED) is 0.669. The highest BCUT2D eigenvalue weighted by molar-refractivity contribution is 8.14. The third-order valence-corrected chi connectivity index (χ3v) is 3.70. The molecule has 0 saturated carbocycles. The summed E-state index contributed by atoms with van der Waals surface area (Å²) in [5.74, 6) is -0.00550. The number of thioether (sulfide) groups is 1. The summed E-state index contributed by atoms with van der Waals surface area (Å²) in [6.45, 7) is 2.06. The number of rotatable bonds is 0. The first-order valence-electron chi connectivity index (χ1n) is 4.93. The average Bonchev–Trinajstić information content (AvgIpc) is 2.54. The number of benzene rings is 1. The fourth-order valence-corrected chi connectivity index (χ4v) is 3.13. The van der Waals surface area contributed by atoms with Crippen molar-refractivity contribution in [2.45, 2.75) is 24.3 Å². The van der Waals surface area contributed by atoms with E-state index in [-0.39, 0.29) is 11.9 Å². The highest BCUT2D eigenvalue weighted by Gasteiger charge is 2.34. The molecule has 3 nitrogen and oxygen atoms in total. The molecule has 1 atom stereocenters. The number of hydrogen-bond donors (Lipinski definition) is 0. The van der Waals surface area contributed by atoms with E-state index in [4.69, 9.17) is 0 Å². The standard InChI is InChI=1S/C11H10N2OS/c1-7-6-10(14)12-11-13(7)8-4-2-3-5-9(8)15-11/h2-5,7H,6H2,1H3/t7-/m1/s1. The van der Waals surface area contributed by atoms with Crippen molar-refractivity contribution < 1.29 is 4.79 Å². The van der Waals surface area contributed by atoms with Gasteiger partial charge in [0.05, 0.1) is 5.69 Å². The molecular weight excluding hydrogens is 208 g/mol. The lowest BCUT2D eigenvalue weighted by Crippen LogP contribution is -2.39. The first-order valence-corrected chi connectivity index (χ1v) is 5.75. The van der Waals surface area contributed by atoms with Crippen LogP contribution in [0.2, 0.25) is 0 Å².